The molecule has 1 unspecified atom stereocenters. The first-order chi connectivity index (χ1) is 7.72. The van der Waals surface area contributed by atoms with Crippen LogP contribution in [0.4, 0.5) is 0 Å². The molecule has 0 aliphatic carbocycles. The van der Waals surface area contributed by atoms with Crippen molar-refractivity contribution in [3.05, 3.63) is 28.8 Å². The summed E-state index contributed by atoms with van der Waals surface area (Å²) < 4.78 is 5.73. The van der Waals surface area contributed by atoms with Gasteiger partial charge in [0.1, 0.15) is 5.75 Å². The lowest BCUT2D eigenvalue weighted by atomic mass is 9.96. The van der Waals surface area contributed by atoms with Gasteiger partial charge < -0.3 is 10.1 Å². The van der Waals surface area contributed by atoms with E-state index < -0.39 is 0 Å². The second-order valence-electron chi connectivity index (χ2n) is 4.62. The first-order valence-corrected chi connectivity index (χ1v) is 6.19. The van der Waals surface area contributed by atoms with Crippen LogP contribution in [0.15, 0.2) is 12.1 Å². The Kier molecular flexibility index (Phi) is 3.49. The first-order valence-electron chi connectivity index (χ1n) is 6.19. The van der Waals surface area contributed by atoms with Crippen LogP contribution in [-0.4, -0.2) is 13.2 Å². The number of ether oxygens (including phenoxy) is 1. The van der Waals surface area contributed by atoms with E-state index in [0.29, 0.717) is 6.04 Å². The zero-order valence-corrected chi connectivity index (χ0v) is 10.5. The van der Waals surface area contributed by atoms with E-state index >= 15 is 0 Å². The van der Waals surface area contributed by atoms with Crippen LogP contribution in [0.3, 0.4) is 0 Å². The standard InChI is InChI=1S/C14H21NO/c1-4-6-15-13-5-7-16-14-9-11(3)10(2)8-12(13)14/h8-9,13,15H,4-7H2,1-3H3. The molecule has 16 heavy (non-hydrogen) atoms. The van der Waals surface area contributed by atoms with Crippen molar-refractivity contribution in [1.29, 1.82) is 0 Å². The summed E-state index contributed by atoms with van der Waals surface area (Å²) in [7, 11) is 0. The molecule has 88 valence electrons. The van der Waals surface area contributed by atoms with Gasteiger partial charge in [0.25, 0.3) is 0 Å². The van der Waals surface area contributed by atoms with E-state index in [1.165, 1.54) is 23.1 Å². The van der Waals surface area contributed by atoms with Gasteiger partial charge in [-0.1, -0.05) is 13.0 Å². The molecule has 1 aromatic carbocycles. The van der Waals surface area contributed by atoms with Crippen LogP contribution >= 0.6 is 0 Å². The lowest BCUT2D eigenvalue weighted by Gasteiger charge is -2.27. The summed E-state index contributed by atoms with van der Waals surface area (Å²) in [6, 6.07) is 4.92. The predicted octanol–water partition coefficient (Wildman–Crippen LogP) is 3.13. The zero-order chi connectivity index (χ0) is 11.5. The maximum atomic E-state index is 5.73. The van der Waals surface area contributed by atoms with Gasteiger partial charge in [0, 0.05) is 18.0 Å². The van der Waals surface area contributed by atoms with Gasteiger partial charge in [-0.15, -0.1) is 0 Å². The van der Waals surface area contributed by atoms with E-state index in [2.05, 4.69) is 38.2 Å². The fourth-order valence-electron chi connectivity index (χ4n) is 2.18. The van der Waals surface area contributed by atoms with Gasteiger partial charge in [-0.3, -0.25) is 0 Å². The average molecular weight is 219 g/mol. The molecule has 1 heterocycles. The fraction of sp³-hybridized carbons (Fsp3) is 0.571. The van der Waals surface area contributed by atoms with Crippen molar-refractivity contribution in [1.82, 2.24) is 5.32 Å². The quantitative estimate of drug-likeness (QED) is 0.843. The number of benzene rings is 1. The molecule has 0 spiro atoms. The highest BCUT2D eigenvalue weighted by molar-refractivity contribution is 5.44. The summed E-state index contributed by atoms with van der Waals surface area (Å²) in [6.45, 7) is 8.42. The number of fused-ring (bicyclic) bond motifs is 1. The minimum absolute atomic E-state index is 0.475. The molecule has 1 aliphatic rings. The molecule has 0 saturated carbocycles. The van der Waals surface area contributed by atoms with E-state index in [1.807, 2.05) is 0 Å². The Morgan fingerprint density at radius 2 is 2.06 bits per heavy atom. The van der Waals surface area contributed by atoms with Gasteiger partial charge in [0.2, 0.25) is 0 Å². The van der Waals surface area contributed by atoms with Crippen LogP contribution in [0.25, 0.3) is 0 Å². The molecule has 1 aliphatic heterocycles. The summed E-state index contributed by atoms with van der Waals surface area (Å²) >= 11 is 0. The molecule has 0 radical (unpaired) electrons. The molecule has 2 heteroatoms. The van der Waals surface area contributed by atoms with Crippen molar-refractivity contribution < 1.29 is 4.74 Å². The Hall–Kier alpha value is -1.02. The first kappa shape index (κ1) is 11.5. The van der Waals surface area contributed by atoms with E-state index in [4.69, 9.17) is 4.74 Å². The summed E-state index contributed by atoms with van der Waals surface area (Å²) in [4.78, 5) is 0. The van der Waals surface area contributed by atoms with Crippen molar-refractivity contribution in [3.8, 4) is 5.75 Å². The number of aryl methyl sites for hydroxylation is 2. The summed E-state index contributed by atoms with van der Waals surface area (Å²) in [5.41, 5.74) is 4.00. The van der Waals surface area contributed by atoms with Gasteiger partial charge in [-0.25, -0.2) is 0 Å². The van der Waals surface area contributed by atoms with Gasteiger partial charge in [0.05, 0.1) is 6.61 Å². The molecular formula is C14H21NO. The third-order valence-electron chi connectivity index (χ3n) is 3.31. The molecular weight excluding hydrogens is 198 g/mol. The minimum atomic E-state index is 0.475. The molecule has 1 atom stereocenters. The van der Waals surface area contributed by atoms with E-state index in [1.54, 1.807) is 0 Å². The average Bonchev–Trinajstić information content (AvgIpc) is 2.28. The number of nitrogens with one attached hydrogen (secondary N) is 1. The summed E-state index contributed by atoms with van der Waals surface area (Å²) in [5, 5.41) is 3.59. The van der Waals surface area contributed by atoms with E-state index in [-0.39, 0.29) is 0 Å². The molecule has 0 aromatic heterocycles. The van der Waals surface area contributed by atoms with Gasteiger partial charge in [0.15, 0.2) is 0 Å². The zero-order valence-electron chi connectivity index (χ0n) is 10.5. The van der Waals surface area contributed by atoms with Crippen LogP contribution in [0, 0.1) is 13.8 Å². The fourth-order valence-corrected chi connectivity index (χ4v) is 2.18. The highest BCUT2D eigenvalue weighted by Crippen LogP contribution is 2.34. The maximum Gasteiger partial charge on any atom is 0.124 e. The molecule has 1 N–H and O–H groups in total. The molecule has 1 aromatic rings. The van der Waals surface area contributed by atoms with Crippen LogP contribution in [-0.2, 0) is 0 Å². The lowest BCUT2D eigenvalue weighted by Crippen LogP contribution is -2.27. The largest absolute Gasteiger partial charge is 0.493 e. The Morgan fingerprint density at radius 3 is 2.81 bits per heavy atom. The lowest BCUT2D eigenvalue weighted by molar-refractivity contribution is 0.253. The van der Waals surface area contributed by atoms with Crippen LogP contribution < -0.4 is 10.1 Å². The predicted molar refractivity (Wildman–Crippen MR) is 67.1 cm³/mol. The highest BCUT2D eigenvalue weighted by atomic mass is 16.5. The number of rotatable bonds is 3. The molecule has 2 nitrogen and oxygen atoms in total. The smallest absolute Gasteiger partial charge is 0.124 e. The van der Waals surface area contributed by atoms with Crippen molar-refractivity contribution in [3.63, 3.8) is 0 Å². The van der Waals surface area contributed by atoms with Crippen LogP contribution in [0.5, 0.6) is 5.75 Å². The molecule has 2 rings (SSSR count). The van der Waals surface area contributed by atoms with Gasteiger partial charge in [-0.2, -0.15) is 0 Å². The normalized spacial score (nSPS) is 19.1. The molecule has 0 fully saturated rings. The Bertz CT molecular complexity index is 373. The Balaban J connectivity index is 2.27. The van der Waals surface area contributed by atoms with Gasteiger partial charge in [-0.05, 0) is 44.0 Å². The van der Waals surface area contributed by atoms with Crippen LogP contribution in [0.1, 0.15) is 42.5 Å². The Labute approximate surface area is 98.0 Å². The van der Waals surface area contributed by atoms with Gasteiger partial charge >= 0.3 is 0 Å². The minimum Gasteiger partial charge on any atom is -0.493 e. The van der Waals surface area contributed by atoms with Crippen molar-refractivity contribution >= 4 is 0 Å². The third kappa shape index (κ3) is 2.22. The topological polar surface area (TPSA) is 21.3 Å². The highest BCUT2D eigenvalue weighted by Gasteiger charge is 2.21. The van der Waals surface area contributed by atoms with E-state index in [9.17, 15) is 0 Å². The summed E-state index contributed by atoms with van der Waals surface area (Å²) in [5.74, 6) is 1.07. The second kappa shape index (κ2) is 4.88. The molecule has 0 saturated heterocycles. The van der Waals surface area contributed by atoms with Crippen molar-refractivity contribution in [2.75, 3.05) is 13.2 Å². The van der Waals surface area contributed by atoms with Crippen molar-refractivity contribution in [2.45, 2.75) is 39.7 Å². The SMILES string of the molecule is CCCNC1CCOc2cc(C)c(C)cc21. The molecule has 0 amide bonds. The number of hydrogen-bond donors (Lipinski definition) is 1. The molecule has 0 bridgehead atoms. The monoisotopic (exact) mass is 219 g/mol. The van der Waals surface area contributed by atoms with Crippen molar-refractivity contribution in [2.24, 2.45) is 0 Å². The van der Waals surface area contributed by atoms with E-state index in [0.717, 1.165) is 25.3 Å². The van der Waals surface area contributed by atoms with Crippen LogP contribution in [0.2, 0.25) is 0 Å². The maximum absolute atomic E-state index is 5.73. The second-order valence-corrected chi connectivity index (χ2v) is 4.62. The third-order valence-corrected chi connectivity index (χ3v) is 3.31. The number of hydrogen-bond acceptors (Lipinski definition) is 2. The summed E-state index contributed by atoms with van der Waals surface area (Å²) in [6.07, 6.45) is 2.26. The Morgan fingerprint density at radius 1 is 1.31 bits per heavy atom.